The van der Waals surface area contributed by atoms with Crippen molar-refractivity contribution in [3.8, 4) is 28.1 Å². The molecule has 34 heavy (non-hydrogen) atoms. The summed E-state index contributed by atoms with van der Waals surface area (Å²) in [6, 6.07) is 22.7. The number of hydrogen-bond acceptors (Lipinski definition) is 4. The Kier molecular flexibility index (Phi) is 6.44. The van der Waals surface area contributed by atoms with Crippen molar-refractivity contribution in [1.29, 1.82) is 0 Å². The number of rotatable bonds is 6. The van der Waals surface area contributed by atoms with Crippen LogP contribution in [0.2, 0.25) is 15.1 Å². The summed E-state index contributed by atoms with van der Waals surface area (Å²) in [5.41, 5.74) is 5.45. The fourth-order valence-corrected chi connectivity index (χ4v) is 4.56. The summed E-state index contributed by atoms with van der Waals surface area (Å²) < 4.78 is 1.79. The van der Waals surface area contributed by atoms with Gasteiger partial charge >= 0.3 is 0 Å². The van der Waals surface area contributed by atoms with E-state index in [0.717, 1.165) is 33.5 Å². The molecule has 170 valence electrons. The molecule has 2 aromatic heterocycles. The average Bonchev–Trinajstić information content (AvgIpc) is 3.27. The highest BCUT2D eigenvalue weighted by Crippen LogP contribution is 2.43. The van der Waals surface area contributed by atoms with Gasteiger partial charge in [-0.15, -0.1) is 0 Å². The monoisotopic (exact) mass is 508 g/mol. The van der Waals surface area contributed by atoms with Gasteiger partial charge in [-0.3, -0.25) is 0 Å². The van der Waals surface area contributed by atoms with Crippen molar-refractivity contribution in [3.63, 3.8) is 0 Å². The standard InChI is InChI=1S/C26H19Cl3N4O/c27-17-8-6-16(7-9-17)23-24(30-12-13-34)21-15-31-33(19-4-2-1-3-5-19)26(21)32-25(23)20-11-10-18(28)14-22(20)29/h1-11,14-15,34H,12-13H2,(H,30,32). The number of anilines is 1. The number of nitrogens with one attached hydrogen (secondary N) is 1. The first-order valence-corrected chi connectivity index (χ1v) is 11.7. The number of benzene rings is 3. The molecular formula is C26H19Cl3N4O. The zero-order valence-corrected chi connectivity index (χ0v) is 20.1. The van der Waals surface area contributed by atoms with Crippen LogP contribution >= 0.6 is 34.8 Å². The molecule has 0 unspecified atom stereocenters. The minimum absolute atomic E-state index is 0.0340. The van der Waals surface area contributed by atoms with Crippen molar-refractivity contribution >= 4 is 51.5 Å². The molecule has 2 N–H and O–H groups in total. The smallest absolute Gasteiger partial charge is 0.165 e. The first-order valence-electron chi connectivity index (χ1n) is 10.6. The maximum absolute atomic E-state index is 9.59. The molecule has 8 heteroatoms. The number of nitrogens with zero attached hydrogens (tertiary/aromatic N) is 3. The van der Waals surface area contributed by atoms with Crippen molar-refractivity contribution in [1.82, 2.24) is 14.8 Å². The van der Waals surface area contributed by atoms with Gasteiger partial charge in [-0.05, 0) is 48.0 Å². The Hall–Kier alpha value is -3.09. The van der Waals surface area contributed by atoms with Gasteiger partial charge in [0.15, 0.2) is 5.65 Å². The van der Waals surface area contributed by atoms with E-state index in [0.29, 0.717) is 33.0 Å². The van der Waals surface area contributed by atoms with Crippen molar-refractivity contribution in [3.05, 3.63) is 94.1 Å². The fraction of sp³-hybridized carbons (Fsp3) is 0.0769. The largest absolute Gasteiger partial charge is 0.395 e. The topological polar surface area (TPSA) is 63.0 Å². The average molecular weight is 510 g/mol. The molecule has 0 fully saturated rings. The van der Waals surface area contributed by atoms with Crippen molar-refractivity contribution < 1.29 is 5.11 Å². The SMILES string of the molecule is OCCNc1c(-c2ccc(Cl)cc2)c(-c2ccc(Cl)cc2Cl)nc2c1cnn2-c1ccccc1. The van der Waals surface area contributed by atoms with Crippen LogP contribution in [-0.2, 0) is 0 Å². The Labute approximate surface area is 211 Å². The third-order valence-electron chi connectivity index (χ3n) is 5.45. The van der Waals surface area contributed by atoms with E-state index in [2.05, 4.69) is 10.4 Å². The summed E-state index contributed by atoms with van der Waals surface area (Å²) in [5.74, 6) is 0. The van der Waals surface area contributed by atoms with Gasteiger partial charge in [0.2, 0.25) is 0 Å². The highest BCUT2D eigenvalue weighted by Gasteiger charge is 2.22. The highest BCUT2D eigenvalue weighted by molar-refractivity contribution is 6.36. The molecule has 0 atom stereocenters. The van der Waals surface area contributed by atoms with E-state index in [1.807, 2.05) is 60.7 Å². The number of aliphatic hydroxyl groups is 1. The lowest BCUT2D eigenvalue weighted by molar-refractivity contribution is 0.311. The van der Waals surface area contributed by atoms with Gasteiger partial charge < -0.3 is 10.4 Å². The molecule has 5 aromatic rings. The van der Waals surface area contributed by atoms with Crippen LogP contribution in [0.4, 0.5) is 5.69 Å². The van der Waals surface area contributed by atoms with Crippen molar-refractivity contribution in [2.45, 2.75) is 0 Å². The van der Waals surface area contributed by atoms with Crippen LogP contribution in [0.3, 0.4) is 0 Å². The summed E-state index contributed by atoms with van der Waals surface area (Å²) >= 11 is 19.0. The van der Waals surface area contributed by atoms with Crippen LogP contribution in [0, 0.1) is 0 Å². The molecule has 0 saturated heterocycles. The molecule has 0 aliphatic heterocycles. The maximum atomic E-state index is 9.59. The lowest BCUT2D eigenvalue weighted by Gasteiger charge is -2.18. The highest BCUT2D eigenvalue weighted by atomic mass is 35.5. The predicted molar refractivity (Wildman–Crippen MR) is 140 cm³/mol. The fourth-order valence-electron chi connectivity index (χ4n) is 3.94. The van der Waals surface area contributed by atoms with Gasteiger partial charge in [-0.25, -0.2) is 9.67 Å². The number of pyridine rings is 1. The molecule has 0 amide bonds. The molecule has 5 nitrogen and oxygen atoms in total. The van der Waals surface area contributed by atoms with Gasteiger partial charge in [-0.2, -0.15) is 5.10 Å². The normalized spacial score (nSPS) is 11.2. The summed E-state index contributed by atoms with van der Waals surface area (Å²) in [5, 5.41) is 20.1. The quantitative estimate of drug-likeness (QED) is 0.256. The number of aliphatic hydroxyl groups excluding tert-OH is 1. The number of halogens is 3. The zero-order chi connectivity index (χ0) is 23.7. The summed E-state index contributed by atoms with van der Waals surface area (Å²) in [6.07, 6.45) is 1.78. The van der Waals surface area contributed by atoms with Gasteiger partial charge in [0.25, 0.3) is 0 Å². The minimum Gasteiger partial charge on any atom is -0.395 e. The number of hydrogen-bond donors (Lipinski definition) is 2. The van der Waals surface area contributed by atoms with E-state index in [1.165, 1.54) is 0 Å². The Balaban J connectivity index is 1.88. The lowest BCUT2D eigenvalue weighted by Crippen LogP contribution is -2.09. The van der Waals surface area contributed by atoms with E-state index in [-0.39, 0.29) is 6.61 Å². The van der Waals surface area contributed by atoms with Gasteiger partial charge in [0, 0.05) is 27.7 Å². The van der Waals surface area contributed by atoms with Crippen LogP contribution in [0.15, 0.2) is 79.0 Å². The molecule has 0 spiro atoms. The Bertz CT molecular complexity index is 1470. The zero-order valence-electron chi connectivity index (χ0n) is 17.8. The van der Waals surface area contributed by atoms with Crippen LogP contribution < -0.4 is 5.32 Å². The van der Waals surface area contributed by atoms with E-state index < -0.39 is 0 Å². The summed E-state index contributed by atoms with van der Waals surface area (Å²) in [4.78, 5) is 5.08. The number of para-hydroxylation sites is 1. The van der Waals surface area contributed by atoms with Crippen LogP contribution in [-0.4, -0.2) is 33.0 Å². The minimum atomic E-state index is -0.0340. The summed E-state index contributed by atoms with van der Waals surface area (Å²) in [7, 11) is 0. The van der Waals surface area contributed by atoms with Crippen LogP contribution in [0.25, 0.3) is 39.1 Å². The summed E-state index contributed by atoms with van der Waals surface area (Å²) in [6.45, 7) is 0.317. The molecule has 0 radical (unpaired) electrons. The van der Waals surface area contributed by atoms with Crippen molar-refractivity contribution in [2.24, 2.45) is 0 Å². The maximum Gasteiger partial charge on any atom is 0.165 e. The van der Waals surface area contributed by atoms with E-state index in [1.54, 1.807) is 23.0 Å². The third-order valence-corrected chi connectivity index (χ3v) is 6.25. The molecule has 3 aromatic carbocycles. The third kappa shape index (κ3) is 4.24. The Morgan fingerprint density at radius 2 is 1.62 bits per heavy atom. The molecule has 5 rings (SSSR count). The number of aromatic nitrogens is 3. The predicted octanol–water partition coefficient (Wildman–Crippen LogP) is 7.12. The second-order valence-corrected chi connectivity index (χ2v) is 8.90. The van der Waals surface area contributed by atoms with E-state index >= 15 is 0 Å². The number of fused-ring (bicyclic) bond motifs is 1. The second kappa shape index (κ2) is 9.65. The first-order chi connectivity index (χ1) is 16.6. The molecule has 0 saturated carbocycles. The molecule has 0 aliphatic carbocycles. The molecule has 0 aliphatic rings. The van der Waals surface area contributed by atoms with Gasteiger partial charge in [-0.1, -0.05) is 65.1 Å². The Morgan fingerprint density at radius 1 is 0.882 bits per heavy atom. The van der Waals surface area contributed by atoms with Gasteiger partial charge in [0.05, 0.1) is 40.3 Å². The Morgan fingerprint density at radius 3 is 2.32 bits per heavy atom. The van der Waals surface area contributed by atoms with Crippen LogP contribution in [0.1, 0.15) is 0 Å². The molecule has 0 bridgehead atoms. The molecular weight excluding hydrogens is 491 g/mol. The molecule has 2 heterocycles. The van der Waals surface area contributed by atoms with Gasteiger partial charge in [0.1, 0.15) is 0 Å². The first kappa shape index (κ1) is 22.7. The van der Waals surface area contributed by atoms with Crippen LogP contribution in [0.5, 0.6) is 0 Å². The second-order valence-electron chi connectivity index (χ2n) is 7.62. The van der Waals surface area contributed by atoms with E-state index in [4.69, 9.17) is 39.8 Å². The van der Waals surface area contributed by atoms with Crippen molar-refractivity contribution in [2.75, 3.05) is 18.5 Å². The lowest BCUT2D eigenvalue weighted by atomic mass is 9.96. The van der Waals surface area contributed by atoms with E-state index in [9.17, 15) is 5.11 Å².